The first-order valence-corrected chi connectivity index (χ1v) is 5.95. The van der Waals surface area contributed by atoms with E-state index in [2.05, 4.69) is 25.1 Å². The van der Waals surface area contributed by atoms with Crippen molar-refractivity contribution < 1.29 is 0 Å². The van der Waals surface area contributed by atoms with Crippen molar-refractivity contribution in [3.05, 3.63) is 0 Å². The van der Waals surface area contributed by atoms with Gasteiger partial charge in [0.25, 0.3) is 0 Å². The molecule has 0 aliphatic heterocycles. The highest BCUT2D eigenvalue weighted by Gasteiger charge is 1.98. The van der Waals surface area contributed by atoms with E-state index in [-0.39, 0.29) is 0 Å². The Morgan fingerprint density at radius 1 is 0.824 bits per heavy atom. The lowest BCUT2D eigenvalue weighted by molar-refractivity contribution is 0.255. The maximum Gasteiger partial charge on any atom is 0.0916 e. The van der Waals surface area contributed by atoms with Gasteiger partial charge in [0.1, 0.15) is 0 Å². The van der Waals surface area contributed by atoms with Gasteiger partial charge in [-0.15, -0.1) is 0 Å². The summed E-state index contributed by atoms with van der Waals surface area (Å²) in [6.07, 6.45) is 0. The Balaban J connectivity index is 3.62. The van der Waals surface area contributed by atoms with E-state index in [1.54, 1.807) is 0 Å². The van der Waals surface area contributed by atoms with Gasteiger partial charge in [-0.1, -0.05) is 0 Å². The molecule has 0 aromatic heterocycles. The summed E-state index contributed by atoms with van der Waals surface area (Å²) in [5.41, 5.74) is 2.23. The van der Waals surface area contributed by atoms with Crippen LogP contribution in [-0.2, 0) is 0 Å². The molecule has 0 amide bonds. The summed E-state index contributed by atoms with van der Waals surface area (Å²) in [4.78, 5) is 13.0. The van der Waals surface area contributed by atoms with Crippen LogP contribution in [0.5, 0.6) is 0 Å². The maximum absolute atomic E-state index is 4.35. The van der Waals surface area contributed by atoms with E-state index in [0.29, 0.717) is 0 Å². The van der Waals surface area contributed by atoms with Gasteiger partial charge in [-0.3, -0.25) is 25.1 Å². The molecule has 0 aliphatic rings. The maximum atomic E-state index is 4.35. The summed E-state index contributed by atoms with van der Waals surface area (Å²) in [6.45, 7) is 11.2. The van der Waals surface area contributed by atoms with Crippen molar-refractivity contribution in [2.45, 2.75) is 27.7 Å². The molecular weight excluding hydrogens is 214 g/mol. The molecule has 0 spiro atoms. The second-order valence-corrected chi connectivity index (χ2v) is 4.77. The van der Waals surface area contributed by atoms with E-state index in [1.807, 2.05) is 41.8 Å². The predicted octanol–water partition coefficient (Wildman–Crippen LogP) is 1.23. The van der Waals surface area contributed by atoms with Crippen LogP contribution in [-0.4, -0.2) is 62.0 Å². The average molecular weight is 241 g/mol. The summed E-state index contributed by atoms with van der Waals surface area (Å²) in [5.74, 6) is 0. The summed E-state index contributed by atoms with van der Waals surface area (Å²) >= 11 is 0. The molecule has 5 heteroatoms. The molecule has 0 aromatic carbocycles. The minimum atomic E-state index is 0.741. The molecule has 5 nitrogen and oxygen atoms in total. The Hall–Kier alpha value is -0.780. The van der Waals surface area contributed by atoms with Crippen molar-refractivity contribution in [2.24, 2.45) is 9.98 Å². The normalized spacial score (nSPS) is 10.8. The van der Waals surface area contributed by atoms with Crippen LogP contribution < -0.4 is 5.32 Å². The number of hydrogen-bond donors (Lipinski definition) is 1. The van der Waals surface area contributed by atoms with Gasteiger partial charge in [0.05, 0.1) is 26.7 Å². The molecule has 0 aromatic rings. The van der Waals surface area contributed by atoms with Gasteiger partial charge in [0, 0.05) is 11.4 Å². The van der Waals surface area contributed by atoms with Gasteiger partial charge in [0.2, 0.25) is 0 Å². The smallest absolute Gasteiger partial charge is 0.0916 e. The molecular formula is C12H27N5. The van der Waals surface area contributed by atoms with Crippen molar-refractivity contribution in [2.75, 3.05) is 40.8 Å². The molecule has 0 aliphatic carbocycles. The first-order valence-electron chi connectivity index (χ1n) is 5.95. The Bertz CT molecular complexity index is 226. The number of nitrogens with zero attached hydrogens (tertiary/aromatic N) is 4. The Morgan fingerprint density at radius 3 is 1.47 bits per heavy atom. The molecule has 0 heterocycles. The lowest BCUT2D eigenvalue weighted by Gasteiger charge is -2.19. The molecule has 0 unspecified atom stereocenters. The van der Waals surface area contributed by atoms with E-state index >= 15 is 0 Å². The molecule has 0 bridgehead atoms. The standard InChI is InChI=1S/C12H27N5/c1-11(2)14-9-16(5)7-13-8-17(6)10-15-12(3)4/h13H,7-10H2,1-6H3. The number of aliphatic imine (C=N–C) groups is 2. The largest absolute Gasteiger partial charge is 0.291 e. The van der Waals surface area contributed by atoms with Crippen LogP contribution >= 0.6 is 0 Å². The van der Waals surface area contributed by atoms with Crippen LogP contribution in [0.3, 0.4) is 0 Å². The topological polar surface area (TPSA) is 43.2 Å². The molecule has 0 rings (SSSR count). The van der Waals surface area contributed by atoms with Gasteiger partial charge >= 0.3 is 0 Å². The van der Waals surface area contributed by atoms with Gasteiger partial charge in [-0.05, 0) is 41.8 Å². The van der Waals surface area contributed by atoms with Gasteiger partial charge in [-0.25, -0.2) is 0 Å². The highest BCUT2D eigenvalue weighted by Crippen LogP contribution is 1.85. The van der Waals surface area contributed by atoms with Crippen molar-refractivity contribution in [3.63, 3.8) is 0 Å². The van der Waals surface area contributed by atoms with Gasteiger partial charge in [0.15, 0.2) is 0 Å². The molecule has 17 heavy (non-hydrogen) atoms. The minimum Gasteiger partial charge on any atom is -0.291 e. The quantitative estimate of drug-likeness (QED) is 0.513. The molecule has 100 valence electrons. The Labute approximate surface area is 106 Å². The fraction of sp³-hybridized carbons (Fsp3) is 0.833. The fourth-order valence-corrected chi connectivity index (χ4v) is 1.06. The minimum absolute atomic E-state index is 0.741. The summed E-state index contributed by atoms with van der Waals surface area (Å²) < 4.78 is 0. The monoisotopic (exact) mass is 241 g/mol. The molecule has 0 radical (unpaired) electrons. The third kappa shape index (κ3) is 11.5. The Kier molecular flexibility index (Phi) is 8.85. The molecule has 0 saturated carbocycles. The van der Waals surface area contributed by atoms with Crippen LogP contribution in [0, 0.1) is 0 Å². The average Bonchev–Trinajstić information content (AvgIpc) is 2.23. The number of nitrogens with one attached hydrogen (secondary N) is 1. The van der Waals surface area contributed by atoms with Crippen LogP contribution in [0.1, 0.15) is 27.7 Å². The van der Waals surface area contributed by atoms with Crippen LogP contribution in [0.15, 0.2) is 9.98 Å². The van der Waals surface area contributed by atoms with Crippen LogP contribution in [0.25, 0.3) is 0 Å². The van der Waals surface area contributed by atoms with E-state index in [9.17, 15) is 0 Å². The molecule has 0 fully saturated rings. The van der Waals surface area contributed by atoms with E-state index in [0.717, 1.165) is 38.1 Å². The third-order valence-corrected chi connectivity index (χ3v) is 2.02. The van der Waals surface area contributed by atoms with E-state index < -0.39 is 0 Å². The zero-order chi connectivity index (χ0) is 13.3. The second kappa shape index (κ2) is 9.27. The van der Waals surface area contributed by atoms with Gasteiger partial charge < -0.3 is 0 Å². The number of rotatable bonds is 8. The van der Waals surface area contributed by atoms with E-state index in [4.69, 9.17) is 0 Å². The summed E-state index contributed by atoms with van der Waals surface area (Å²) in [5, 5.41) is 3.35. The first kappa shape index (κ1) is 16.2. The number of hydrogen-bond acceptors (Lipinski definition) is 5. The van der Waals surface area contributed by atoms with Gasteiger partial charge in [-0.2, -0.15) is 0 Å². The van der Waals surface area contributed by atoms with Crippen LogP contribution in [0.2, 0.25) is 0 Å². The molecule has 0 saturated heterocycles. The lowest BCUT2D eigenvalue weighted by atomic mass is 10.5. The third-order valence-electron chi connectivity index (χ3n) is 2.02. The van der Waals surface area contributed by atoms with E-state index in [1.165, 1.54) is 0 Å². The molecule has 0 atom stereocenters. The van der Waals surface area contributed by atoms with Crippen molar-refractivity contribution in [1.29, 1.82) is 0 Å². The van der Waals surface area contributed by atoms with Crippen LogP contribution in [0.4, 0.5) is 0 Å². The predicted molar refractivity (Wildman–Crippen MR) is 75.7 cm³/mol. The fourth-order valence-electron chi connectivity index (χ4n) is 1.06. The SMILES string of the molecule is CC(C)=NCN(C)CNCN(C)CN=C(C)C. The summed E-state index contributed by atoms with van der Waals surface area (Å²) in [6, 6.07) is 0. The highest BCUT2D eigenvalue weighted by molar-refractivity contribution is 5.79. The Morgan fingerprint density at radius 2 is 1.18 bits per heavy atom. The molecule has 1 N–H and O–H groups in total. The zero-order valence-corrected chi connectivity index (χ0v) is 12.1. The van der Waals surface area contributed by atoms with Crippen molar-refractivity contribution in [3.8, 4) is 0 Å². The lowest BCUT2D eigenvalue weighted by Crippen LogP contribution is -2.38. The first-order chi connectivity index (χ1) is 7.91. The highest BCUT2D eigenvalue weighted by atomic mass is 15.3. The summed E-state index contributed by atoms with van der Waals surface area (Å²) in [7, 11) is 4.10. The zero-order valence-electron chi connectivity index (χ0n) is 12.1. The second-order valence-electron chi connectivity index (χ2n) is 4.77. The van der Waals surface area contributed by atoms with Crippen molar-refractivity contribution >= 4 is 11.4 Å². The van der Waals surface area contributed by atoms with Crippen molar-refractivity contribution in [1.82, 2.24) is 15.1 Å².